The van der Waals surface area contributed by atoms with E-state index in [1.54, 1.807) is 0 Å². The molecule has 21 heavy (non-hydrogen) atoms. The Labute approximate surface area is 116 Å². The fraction of sp³-hybridized carbons (Fsp3) is 0.0909. The zero-order valence-corrected chi connectivity index (χ0v) is 10.6. The van der Waals surface area contributed by atoms with E-state index in [2.05, 4.69) is 14.8 Å². The third-order valence-corrected chi connectivity index (χ3v) is 2.50. The molecular weight excluding hydrogens is 284 g/mol. The zero-order chi connectivity index (χ0) is 15.6. The summed E-state index contributed by atoms with van der Waals surface area (Å²) in [6.07, 6.45) is 2.20. The lowest BCUT2D eigenvalue weighted by molar-refractivity contribution is -0.385. The molecule has 0 bridgehead atoms. The molecule has 2 rings (SSSR count). The van der Waals surface area contributed by atoms with Gasteiger partial charge in [-0.3, -0.25) is 10.1 Å². The number of ether oxygens (including phenoxy) is 1. The fourth-order valence-electron chi connectivity index (χ4n) is 1.61. The van der Waals surface area contributed by atoms with Gasteiger partial charge in [-0.25, -0.2) is 19.3 Å². The van der Waals surface area contributed by atoms with Gasteiger partial charge in [0.15, 0.2) is 5.82 Å². The summed E-state index contributed by atoms with van der Waals surface area (Å²) in [7, 11) is 1.16. The van der Waals surface area contributed by atoms with Crippen LogP contribution in [0.3, 0.4) is 0 Å². The van der Waals surface area contributed by atoms with E-state index < -0.39 is 28.2 Å². The first kappa shape index (κ1) is 14.1. The summed E-state index contributed by atoms with van der Waals surface area (Å²) in [4.78, 5) is 36.4. The Morgan fingerprint density at radius 1 is 1.48 bits per heavy atom. The van der Waals surface area contributed by atoms with Crippen molar-refractivity contribution in [3.05, 3.63) is 45.9 Å². The average Bonchev–Trinajstić information content (AvgIpc) is 2.92. The van der Waals surface area contributed by atoms with E-state index in [-0.39, 0.29) is 11.4 Å². The van der Waals surface area contributed by atoms with Gasteiger partial charge in [-0.1, -0.05) is 0 Å². The molecular formula is C11H8N4O6. The lowest BCUT2D eigenvalue weighted by atomic mass is 10.2. The highest BCUT2D eigenvalue weighted by molar-refractivity contribution is 5.93. The minimum Gasteiger partial charge on any atom is -0.476 e. The summed E-state index contributed by atoms with van der Waals surface area (Å²) in [6, 6.07) is 2.84. The van der Waals surface area contributed by atoms with Crippen molar-refractivity contribution >= 4 is 17.6 Å². The monoisotopic (exact) mass is 292 g/mol. The number of carboxylic acids is 1. The maximum atomic E-state index is 11.6. The molecule has 10 heteroatoms. The van der Waals surface area contributed by atoms with Gasteiger partial charge in [0.25, 0.3) is 0 Å². The quantitative estimate of drug-likeness (QED) is 0.492. The summed E-state index contributed by atoms with van der Waals surface area (Å²) in [5.74, 6) is -2.36. The van der Waals surface area contributed by atoms with E-state index in [4.69, 9.17) is 5.11 Å². The molecule has 0 aliphatic carbocycles. The molecule has 0 spiro atoms. The SMILES string of the molecule is COC(=O)c1cccnc1-n1cc([N+](=O)[O-])c(C(=O)O)n1. The summed E-state index contributed by atoms with van der Waals surface area (Å²) in [5, 5.41) is 23.3. The molecule has 2 heterocycles. The number of esters is 1. The Morgan fingerprint density at radius 2 is 2.19 bits per heavy atom. The largest absolute Gasteiger partial charge is 0.476 e. The van der Waals surface area contributed by atoms with Gasteiger partial charge < -0.3 is 9.84 Å². The van der Waals surface area contributed by atoms with Crippen molar-refractivity contribution in [3.63, 3.8) is 0 Å². The first-order valence-electron chi connectivity index (χ1n) is 5.46. The van der Waals surface area contributed by atoms with E-state index in [9.17, 15) is 19.7 Å². The average molecular weight is 292 g/mol. The number of hydrogen-bond acceptors (Lipinski definition) is 7. The second kappa shape index (κ2) is 5.36. The van der Waals surface area contributed by atoms with Crippen molar-refractivity contribution in [2.24, 2.45) is 0 Å². The van der Waals surface area contributed by atoms with Gasteiger partial charge in [0, 0.05) is 6.20 Å². The Hall–Kier alpha value is -3.30. The normalized spacial score (nSPS) is 10.1. The number of carbonyl (C=O) groups excluding carboxylic acids is 1. The summed E-state index contributed by atoms with van der Waals surface area (Å²) < 4.78 is 5.42. The first-order valence-corrected chi connectivity index (χ1v) is 5.46. The van der Waals surface area contributed by atoms with Crippen molar-refractivity contribution in [3.8, 4) is 5.82 Å². The molecule has 0 saturated carbocycles. The molecule has 0 radical (unpaired) electrons. The molecule has 0 fully saturated rings. The van der Waals surface area contributed by atoms with Crippen LogP contribution in [0.4, 0.5) is 5.69 Å². The Morgan fingerprint density at radius 3 is 2.71 bits per heavy atom. The van der Waals surface area contributed by atoms with Gasteiger partial charge in [0.2, 0.25) is 5.69 Å². The topological polar surface area (TPSA) is 137 Å². The van der Waals surface area contributed by atoms with Crippen LogP contribution in [-0.2, 0) is 4.74 Å². The van der Waals surface area contributed by atoms with Crippen LogP contribution in [-0.4, -0.2) is 43.8 Å². The Balaban J connectivity index is 2.63. The molecule has 0 aliphatic heterocycles. The highest BCUT2D eigenvalue weighted by Crippen LogP contribution is 2.20. The molecule has 0 atom stereocenters. The second-order valence-corrected chi connectivity index (χ2v) is 3.74. The van der Waals surface area contributed by atoms with E-state index in [0.717, 1.165) is 18.0 Å². The van der Waals surface area contributed by atoms with Crippen molar-refractivity contribution in [2.75, 3.05) is 7.11 Å². The standard InChI is InChI=1S/C11H8N4O6/c1-21-11(18)6-3-2-4-12-9(6)14-5-7(15(19)20)8(13-14)10(16)17/h2-5H,1H3,(H,16,17). The van der Waals surface area contributed by atoms with E-state index >= 15 is 0 Å². The van der Waals surface area contributed by atoms with Gasteiger partial charge in [-0.15, -0.1) is 0 Å². The summed E-state index contributed by atoms with van der Waals surface area (Å²) in [5.41, 5.74) is -1.46. The number of carbonyl (C=O) groups is 2. The van der Waals surface area contributed by atoms with E-state index in [1.807, 2.05) is 0 Å². The number of nitro groups is 1. The zero-order valence-electron chi connectivity index (χ0n) is 10.6. The number of rotatable bonds is 4. The van der Waals surface area contributed by atoms with Crippen LogP contribution in [0.1, 0.15) is 20.8 Å². The molecule has 0 saturated heterocycles. The minimum absolute atomic E-state index is 0.00524. The van der Waals surface area contributed by atoms with Crippen molar-refractivity contribution in [1.29, 1.82) is 0 Å². The maximum absolute atomic E-state index is 11.6. The number of carboxylic acid groups (broad SMARTS) is 1. The van der Waals surface area contributed by atoms with E-state index in [1.165, 1.54) is 18.3 Å². The van der Waals surface area contributed by atoms with Crippen LogP contribution in [0.5, 0.6) is 0 Å². The minimum atomic E-state index is -1.56. The number of nitrogens with zero attached hydrogens (tertiary/aromatic N) is 4. The number of aromatic nitrogens is 3. The number of hydrogen-bond donors (Lipinski definition) is 1. The number of pyridine rings is 1. The maximum Gasteiger partial charge on any atom is 0.363 e. The third kappa shape index (κ3) is 2.54. The molecule has 0 unspecified atom stereocenters. The molecule has 0 amide bonds. The second-order valence-electron chi connectivity index (χ2n) is 3.74. The van der Waals surface area contributed by atoms with Crippen LogP contribution in [0.15, 0.2) is 24.5 Å². The van der Waals surface area contributed by atoms with Crippen molar-refractivity contribution < 1.29 is 24.4 Å². The molecule has 2 aromatic rings. The smallest absolute Gasteiger partial charge is 0.363 e. The summed E-state index contributed by atoms with van der Waals surface area (Å²) >= 11 is 0. The predicted molar refractivity (Wildman–Crippen MR) is 66.3 cm³/mol. The number of methoxy groups -OCH3 is 1. The van der Waals surface area contributed by atoms with Gasteiger partial charge >= 0.3 is 17.6 Å². The van der Waals surface area contributed by atoms with Gasteiger partial charge in [0.1, 0.15) is 11.8 Å². The van der Waals surface area contributed by atoms with E-state index in [0.29, 0.717) is 0 Å². The highest BCUT2D eigenvalue weighted by atomic mass is 16.6. The van der Waals surface area contributed by atoms with Crippen molar-refractivity contribution in [1.82, 2.24) is 14.8 Å². The summed E-state index contributed by atoms with van der Waals surface area (Å²) in [6.45, 7) is 0. The lowest BCUT2D eigenvalue weighted by Crippen LogP contribution is -2.10. The Bertz CT molecular complexity index is 707. The molecule has 10 nitrogen and oxygen atoms in total. The molecule has 0 aromatic carbocycles. The van der Waals surface area contributed by atoms with Crippen LogP contribution in [0.25, 0.3) is 5.82 Å². The lowest BCUT2D eigenvalue weighted by Gasteiger charge is -2.05. The molecule has 108 valence electrons. The van der Waals surface area contributed by atoms with Crippen molar-refractivity contribution in [2.45, 2.75) is 0 Å². The van der Waals surface area contributed by atoms with Gasteiger partial charge in [-0.2, -0.15) is 5.10 Å². The highest BCUT2D eigenvalue weighted by Gasteiger charge is 2.27. The first-order chi connectivity index (χ1) is 9.95. The van der Waals surface area contributed by atoms with Crippen LogP contribution >= 0.6 is 0 Å². The third-order valence-electron chi connectivity index (χ3n) is 2.50. The fourth-order valence-corrected chi connectivity index (χ4v) is 1.61. The van der Waals surface area contributed by atoms with Crippen LogP contribution < -0.4 is 0 Å². The molecule has 1 N–H and O–H groups in total. The predicted octanol–water partition coefficient (Wildman–Crippen LogP) is 0.660. The van der Waals surface area contributed by atoms with Crippen LogP contribution in [0.2, 0.25) is 0 Å². The molecule has 2 aromatic heterocycles. The van der Waals surface area contributed by atoms with Crippen LogP contribution in [0, 0.1) is 10.1 Å². The molecule has 0 aliphatic rings. The van der Waals surface area contributed by atoms with Gasteiger partial charge in [-0.05, 0) is 12.1 Å². The number of aromatic carboxylic acids is 1. The van der Waals surface area contributed by atoms with Gasteiger partial charge in [0.05, 0.1) is 12.0 Å². The Kier molecular flexibility index (Phi) is 3.61.